The number of aryl methyl sites for hydroxylation is 2. The lowest BCUT2D eigenvalue weighted by Crippen LogP contribution is -2.30. The Kier molecular flexibility index (Phi) is 5.22. The molecule has 2 aromatic rings. The number of aromatic nitrogens is 3. The summed E-state index contributed by atoms with van der Waals surface area (Å²) in [4.78, 5) is 5.60. The Morgan fingerprint density at radius 2 is 2.14 bits per heavy atom. The maximum absolute atomic E-state index is 5.73. The average Bonchev–Trinajstić information content (AvgIpc) is 2.95. The van der Waals surface area contributed by atoms with Crippen LogP contribution in [-0.2, 0) is 12.8 Å². The molecule has 0 spiro atoms. The van der Waals surface area contributed by atoms with E-state index in [0.29, 0.717) is 6.42 Å². The zero-order chi connectivity index (χ0) is 15.4. The second-order valence-corrected chi connectivity index (χ2v) is 5.69. The first-order valence-electron chi connectivity index (χ1n) is 6.88. The molecule has 21 heavy (non-hydrogen) atoms. The highest BCUT2D eigenvalue weighted by Crippen LogP contribution is 2.29. The van der Waals surface area contributed by atoms with Gasteiger partial charge >= 0.3 is 0 Å². The monoisotopic (exact) mass is 307 g/mol. The fourth-order valence-corrected chi connectivity index (χ4v) is 3.22. The molecule has 114 valence electrons. The van der Waals surface area contributed by atoms with Gasteiger partial charge in [-0.3, -0.25) is 16.3 Å². The summed E-state index contributed by atoms with van der Waals surface area (Å²) < 4.78 is 9.48. The first-order chi connectivity index (χ1) is 10.1. The van der Waals surface area contributed by atoms with Gasteiger partial charge in [0.1, 0.15) is 5.75 Å². The van der Waals surface area contributed by atoms with Gasteiger partial charge in [0, 0.05) is 29.4 Å². The normalized spacial score (nSPS) is 12.4. The van der Waals surface area contributed by atoms with Gasteiger partial charge in [-0.25, -0.2) is 0 Å². The summed E-state index contributed by atoms with van der Waals surface area (Å²) in [7, 11) is 1.68. The fraction of sp³-hybridized carbons (Fsp3) is 0.500. The van der Waals surface area contributed by atoms with E-state index in [1.165, 1.54) is 11.5 Å². The molecule has 0 saturated heterocycles. The van der Waals surface area contributed by atoms with Crippen molar-refractivity contribution in [3.05, 3.63) is 33.6 Å². The number of hydrazine groups is 1. The molecular weight excluding hydrogens is 286 g/mol. The van der Waals surface area contributed by atoms with Crippen LogP contribution in [0.5, 0.6) is 5.75 Å². The summed E-state index contributed by atoms with van der Waals surface area (Å²) in [5.74, 6) is 6.61. The van der Waals surface area contributed by atoms with Gasteiger partial charge in [-0.2, -0.15) is 0 Å². The Labute approximate surface area is 128 Å². The fourth-order valence-electron chi connectivity index (χ4n) is 2.42. The molecule has 0 aliphatic heterocycles. The summed E-state index contributed by atoms with van der Waals surface area (Å²) in [6.45, 7) is 6.07. The molecule has 2 aromatic heterocycles. The van der Waals surface area contributed by atoms with Crippen molar-refractivity contribution in [3.63, 3.8) is 0 Å². The lowest BCUT2D eigenvalue weighted by atomic mass is 10.0. The molecular formula is C14H21N5OS. The standard InChI is InChI=1S/C14H21N5OS/c1-5-10-14(21-19-18-10)12(17-15)6-11-9(3)13(20-4)8(2)7-16-11/h7,12,17H,5-6,15H2,1-4H3. The lowest BCUT2D eigenvalue weighted by Gasteiger charge is -2.17. The molecule has 0 aromatic carbocycles. The second-order valence-electron chi connectivity index (χ2n) is 4.91. The van der Waals surface area contributed by atoms with Crippen molar-refractivity contribution >= 4 is 11.5 Å². The van der Waals surface area contributed by atoms with Gasteiger partial charge in [0.05, 0.1) is 23.7 Å². The summed E-state index contributed by atoms with van der Waals surface area (Å²) in [5.41, 5.74) is 6.89. The molecule has 0 amide bonds. The quantitative estimate of drug-likeness (QED) is 0.626. The van der Waals surface area contributed by atoms with Crippen LogP contribution < -0.4 is 16.0 Å². The largest absolute Gasteiger partial charge is 0.496 e. The molecule has 2 heterocycles. The van der Waals surface area contributed by atoms with Crippen molar-refractivity contribution in [1.82, 2.24) is 20.0 Å². The predicted octanol–water partition coefficient (Wildman–Crippen LogP) is 1.87. The minimum absolute atomic E-state index is 0.0430. The van der Waals surface area contributed by atoms with E-state index in [4.69, 9.17) is 10.6 Å². The van der Waals surface area contributed by atoms with E-state index in [9.17, 15) is 0 Å². The Bertz CT molecular complexity index is 613. The van der Waals surface area contributed by atoms with E-state index >= 15 is 0 Å². The smallest absolute Gasteiger partial charge is 0.128 e. The van der Waals surface area contributed by atoms with E-state index in [2.05, 4.69) is 26.9 Å². The third-order valence-electron chi connectivity index (χ3n) is 3.58. The molecule has 1 atom stereocenters. The number of methoxy groups -OCH3 is 1. The molecule has 0 aliphatic carbocycles. The topological polar surface area (TPSA) is 86.0 Å². The van der Waals surface area contributed by atoms with Crippen LogP contribution in [0, 0.1) is 13.8 Å². The molecule has 3 N–H and O–H groups in total. The van der Waals surface area contributed by atoms with Gasteiger partial charge in [-0.05, 0) is 31.8 Å². The lowest BCUT2D eigenvalue weighted by molar-refractivity contribution is 0.406. The third kappa shape index (κ3) is 3.20. The molecule has 1 unspecified atom stereocenters. The van der Waals surface area contributed by atoms with Crippen molar-refractivity contribution < 1.29 is 4.74 Å². The van der Waals surface area contributed by atoms with Crippen molar-refractivity contribution in [1.29, 1.82) is 0 Å². The van der Waals surface area contributed by atoms with Crippen LogP contribution in [0.25, 0.3) is 0 Å². The van der Waals surface area contributed by atoms with Crippen molar-refractivity contribution in [2.75, 3.05) is 7.11 Å². The van der Waals surface area contributed by atoms with Crippen LogP contribution in [0.15, 0.2) is 6.20 Å². The van der Waals surface area contributed by atoms with Gasteiger partial charge in [-0.1, -0.05) is 11.4 Å². The van der Waals surface area contributed by atoms with Gasteiger partial charge in [0.2, 0.25) is 0 Å². The van der Waals surface area contributed by atoms with Crippen LogP contribution in [0.1, 0.15) is 40.4 Å². The highest BCUT2D eigenvalue weighted by atomic mass is 32.1. The number of hydrogen-bond acceptors (Lipinski definition) is 7. The van der Waals surface area contributed by atoms with Gasteiger partial charge in [0.15, 0.2) is 0 Å². The van der Waals surface area contributed by atoms with E-state index in [1.54, 1.807) is 7.11 Å². The molecule has 0 fully saturated rings. The molecule has 0 bridgehead atoms. The number of nitrogens with one attached hydrogen (secondary N) is 1. The zero-order valence-corrected chi connectivity index (χ0v) is 13.6. The number of hydrogen-bond donors (Lipinski definition) is 2. The SMILES string of the molecule is CCc1nnsc1C(Cc1ncc(C)c(OC)c1C)NN. The van der Waals surface area contributed by atoms with Gasteiger partial charge in [0.25, 0.3) is 0 Å². The molecule has 2 rings (SSSR count). The second kappa shape index (κ2) is 6.93. The average molecular weight is 307 g/mol. The number of rotatable bonds is 6. The highest BCUT2D eigenvalue weighted by Gasteiger charge is 2.20. The van der Waals surface area contributed by atoms with Gasteiger partial charge in [-0.15, -0.1) is 5.10 Å². The maximum Gasteiger partial charge on any atom is 0.128 e. The number of nitrogens with zero attached hydrogens (tertiary/aromatic N) is 3. The van der Waals surface area contributed by atoms with Crippen molar-refractivity contribution in [3.8, 4) is 5.75 Å². The van der Waals surface area contributed by atoms with Gasteiger partial charge < -0.3 is 4.74 Å². The zero-order valence-electron chi connectivity index (χ0n) is 12.8. The minimum Gasteiger partial charge on any atom is -0.496 e. The van der Waals surface area contributed by atoms with E-state index < -0.39 is 0 Å². The summed E-state index contributed by atoms with van der Waals surface area (Å²) >= 11 is 1.38. The summed E-state index contributed by atoms with van der Waals surface area (Å²) in [6.07, 6.45) is 3.35. The molecule has 6 nitrogen and oxygen atoms in total. The van der Waals surface area contributed by atoms with Crippen LogP contribution in [0.2, 0.25) is 0 Å². The first-order valence-corrected chi connectivity index (χ1v) is 7.66. The molecule has 0 saturated carbocycles. The minimum atomic E-state index is -0.0430. The first kappa shape index (κ1) is 15.8. The summed E-state index contributed by atoms with van der Waals surface area (Å²) in [6, 6.07) is -0.0430. The maximum atomic E-state index is 5.73. The Balaban J connectivity index is 2.31. The highest BCUT2D eigenvalue weighted by molar-refractivity contribution is 7.05. The predicted molar refractivity (Wildman–Crippen MR) is 83.3 cm³/mol. The van der Waals surface area contributed by atoms with E-state index in [-0.39, 0.29) is 6.04 Å². The van der Waals surface area contributed by atoms with Crippen molar-refractivity contribution in [2.24, 2.45) is 5.84 Å². The Hall–Kier alpha value is -1.57. The van der Waals surface area contributed by atoms with Crippen LogP contribution in [0.3, 0.4) is 0 Å². The van der Waals surface area contributed by atoms with Crippen LogP contribution >= 0.6 is 11.5 Å². The summed E-state index contributed by atoms with van der Waals surface area (Å²) in [5, 5.41) is 4.14. The van der Waals surface area contributed by atoms with Crippen LogP contribution in [0.4, 0.5) is 0 Å². The molecule has 0 aliphatic rings. The Morgan fingerprint density at radius 1 is 1.38 bits per heavy atom. The van der Waals surface area contributed by atoms with Crippen molar-refractivity contribution in [2.45, 2.75) is 39.7 Å². The third-order valence-corrected chi connectivity index (χ3v) is 4.47. The van der Waals surface area contributed by atoms with E-state index in [1.807, 2.05) is 20.0 Å². The number of pyridine rings is 1. The number of nitrogens with two attached hydrogens (primary N) is 1. The number of ether oxygens (including phenoxy) is 1. The van der Waals surface area contributed by atoms with E-state index in [0.717, 1.165) is 39.6 Å². The molecule has 7 heteroatoms. The Morgan fingerprint density at radius 3 is 2.76 bits per heavy atom. The van der Waals surface area contributed by atoms with Crippen LogP contribution in [-0.4, -0.2) is 21.7 Å². The molecule has 0 radical (unpaired) electrons.